The molecule has 1 N–H and O–H groups in total. The molecule has 0 aliphatic carbocycles. The molecule has 8 heteroatoms. The molecule has 32 heavy (non-hydrogen) atoms. The van der Waals surface area contributed by atoms with Gasteiger partial charge in [0.1, 0.15) is 17.4 Å². The lowest BCUT2D eigenvalue weighted by Crippen LogP contribution is -2.39. The van der Waals surface area contributed by atoms with E-state index in [1.807, 2.05) is 29.2 Å². The summed E-state index contributed by atoms with van der Waals surface area (Å²) >= 11 is 0. The lowest BCUT2D eigenvalue weighted by atomic mass is 9.93. The number of piperidine rings is 1. The van der Waals surface area contributed by atoms with E-state index in [9.17, 15) is 14.0 Å². The maximum absolute atomic E-state index is 14.2. The van der Waals surface area contributed by atoms with Crippen molar-refractivity contribution in [1.82, 2.24) is 19.7 Å². The predicted molar refractivity (Wildman–Crippen MR) is 118 cm³/mol. The summed E-state index contributed by atoms with van der Waals surface area (Å²) in [6, 6.07) is 14.0. The molecule has 0 atom stereocenters. The zero-order valence-electron chi connectivity index (χ0n) is 18.1. The number of ether oxygens (including phenoxy) is 1. The van der Waals surface area contributed by atoms with Crippen LogP contribution < -0.4 is 10.4 Å². The number of para-hydroxylation sites is 1. The molecule has 0 spiro atoms. The number of hydrogen-bond donors (Lipinski definition) is 1. The topological polar surface area (TPSA) is 80.2 Å². The Hall–Kier alpha value is -3.42. The van der Waals surface area contributed by atoms with Gasteiger partial charge in [0.2, 0.25) is 5.91 Å². The van der Waals surface area contributed by atoms with Gasteiger partial charge in [-0.3, -0.25) is 4.79 Å². The molecule has 0 unspecified atom stereocenters. The van der Waals surface area contributed by atoms with Crippen LogP contribution >= 0.6 is 0 Å². The highest BCUT2D eigenvalue weighted by molar-refractivity contribution is 5.76. The number of H-pyrrole nitrogens is 1. The van der Waals surface area contributed by atoms with E-state index >= 15 is 0 Å². The third-order valence-corrected chi connectivity index (χ3v) is 6.06. The van der Waals surface area contributed by atoms with Crippen LogP contribution in [0.2, 0.25) is 0 Å². The minimum Gasteiger partial charge on any atom is -0.497 e. The Bertz CT molecular complexity index is 1110. The van der Waals surface area contributed by atoms with E-state index in [1.165, 1.54) is 10.6 Å². The van der Waals surface area contributed by atoms with Crippen LogP contribution in [0.5, 0.6) is 5.75 Å². The Morgan fingerprint density at radius 2 is 1.88 bits per heavy atom. The van der Waals surface area contributed by atoms with Crippen molar-refractivity contribution in [2.45, 2.75) is 32.1 Å². The van der Waals surface area contributed by atoms with Crippen LogP contribution in [-0.2, 0) is 17.6 Å². The molecule has 1 saturated heterocycles. The first kappa shape index (κ1) is 21.8. The number of carbonyl (C=O) groups is 1. The van der Waals surface area contributed by atoms with Gasteiger partial charge in [-0.2, -0.15) is 5.10 Å². The number of methoxy groups -OCH3 is 1. The standard InChI is InChI=1S/C24H27FN4O3/c1-32-19-9-6-17(7-10-19)8-11-23(30)28-14-12-18(13-15-28)16-22-26-27-24(31)29(22)21-5-3-2-4-20(21)25/h2-7,9-10,18H,8,11-16H2,1H3,(H,27,31). The molecule has 2 heterocycles. The van der Waals surface area contributed by atoms with Crippen LogP contribution in [0, 0.1) is 11.7 Å². The van der Waals surface area contributed by atoms with E-state index in [0.29, 0.717) is 38.2 Å². The number of aryl methyl sites for hydroxylation is 1. The second kappa shape index (κ2) is 9.80. The van der Waals surface area contributed by atoms with E-state index in [2.05, 4.69) is 10.2 Å². The fourth-order valence-electron chi connectivity index (χ4n) is 4.19. The summed E-state index contributed by atoms with van der Waals surface area (Å²) < 4.78 is 20.7. The first-order valence-electron chi connectivity index (χ1n) is 10.9. The van der Waals surface area contributed by atoms with Gasteiger partial charge in [-0.1, -0.05) is 24.3 Å². The Kier molecular flexibility index (Phi) is 6.68. The summed E-state index contributed by atoms with van der Waals surface area (Å²) in [7, 11) is 1.63. The van der Waals surface area contributed by atoms with Crippen molar-refractivity contribution < 1.29 is 13.9 Å². The quantitative estimate of drug-likeness (QED) is 0.615. The molecule has 168 valence electrons. The molecule has 4 rings (SSSR count). The average molecular weight is 439 g/mol. The Morgan fingerprint density at radius 3 is 2.56 bits per heavy atom. The normalized spacial score (nSPS) is 14.5. The molecular weight excluding hydrogens is 411 g/mol. The highest BCUT2D eigenvalue weighted by Crippen LogP contribution is 2.23. The van der Waals surface area contributed by atoms with Crippen molar-refractivity contribution in [3.05, 3.63) is 76.2 Å². The number of rotatable bonds is 7. The van der Waals surface area contributed by atoms with Crippen LogP contribution in [0.3, 0.4) is 0 Å². The number of halogens is 1. The number of benzene rings is 2. The Labute approximate surface area is 185 Å². The molecule has 0 radical (unpaired) electrons. The molecule has 0 saturated carbocycles. The fourth-order valence-corrected chi connectivity index (χ4v) is 4.19. The largest absolute Gasteiger partial charge is 0.497 e. The molecule has 3 aromatic rings. The number of aromatic nitrogens is 3. The zero-order chi connectivity index (χ0) is 22.5. The number of nitrogens with one attached hydrogen (secondary N) is 1. The van der Waals surface area contributed by atoms with Gasteiger partial charge in [0.05, 0.1) is 12.8 Å². The summed E-state index contributed by atoms with van der Waals surface area (Å²) in [5.74, 6) is 1.29. The minimum absolute atomic E-state index is 0.155. The second-order valence-corrected chi connectivity index (χ2v) is 8.11. The van der Waals surface area contributed by atoms with Gasteiger partial charge in [0.15, 0.2) is 0 Å². The first-order valence-corrected chi connectivity index (χ1v) is 10.9. The lowest BCUT2D eigenvalue weighted by molar-refractivity contribution is -0.132. The Balaban J connectivity index is 1.31. The summed E-state index contributed by atoms with van der Waals surface area (Å²) in [5, 5.41) is 6.56. The van der Waals surface area contributed by atoms with Crippen LogP contribution in [0.1, 0.15) is 30.7 Å². The number of hydrogen-bond acceptors (Lipinski definition) is 4. The van der Waals surface area contributed by atoms with Crippen molar-refractivity contribution in [1.29, 1.82) is 0 Å². The van der Waals surface area contributed by atoms with E-state index in [4.69, 9.17) is 4.74 Å². The summed E-state index contributed by atoms with van der Waals surface area (Å²) in [4.78, 5) is 26.8. The smallest absolute Gasteiger partial charge is 0.348 e. The van der Waals surface area contributed by atoms with E-state index in [1.54, 1.807) is 25.3 Å². The van der Waals surface area contributed by atoms with Gasteiger partial charge in [-0.15, -0.1) is 0 Å². The molecule has 1 aromatic heterocycles. The van der Waals surface area contributed by atoms with Gasteiger partial charge in [-0.25, -0.2) is 18.9 Å². The molecule has 1 fully saturated rings. The molecule has 1 amide bonds. The van der Waals surface area contributed by atoms with Crippen LogP contribution in [0.25, 0.3) is 5.69 Å². The van der Waals surface area contributed by atoms with E-state index < -0.39 is 11.5 Å². The fraction of sp³-hybridized carbons (Fsp3) is 0.375. The monoisotopic (exact) mass is 438 g/mol. The van der Waals surface area contributed by atoms with Crippen LogP contribution in [0.4, 0.5) is 4.39 Å². The van der Waals surface area contributed by atoms with Crippen molar-refractivity contribution >= 4 is 5.91 Å². The Morgan fingerprint density at radius 1 is 1.16 bits per heavy atom. The highest BCUT2D eigenvalue weighted by atomic mass is 19.1. The lowest BCUT2D eigenvalue weighted by Gasteiger charge is -2.32. The zero-order valence-corrected chi connectivity index (χ0v) is 18.1. The maximum atomic E-state index is 14.2. The first-order chi connectivity index (χ1) is 15.5. The maximum Gasteiger partial charge on any atom is 0.348 e. The SMILES string of the molecule is COc1ccc(CCC(=O)N2CCC(Cc3n[nH]c(=O)n3-c3ccccc3F)CC2)cc1. The van der Waals surface area contributed by atoms with Crippen molar-refractivity contribution in [3.8, 4) is 11.4 Å². The number of likely N-dealkylation sites (tertiary alicyclic amines) is 1. The van der Waals surface area contributed by atoms with Crippen LogP contribution in [-0.4, -0.2) is 45.8 Å². The molecule has 2 aromatic carbocycles. The molecule has 7 nitrogen and oxygen atoms in total. The number of nitrogens with zero attached hydrogens (tertiary/aromatic N) is 3. The predicted octanol–water partition coefficient (Wildman–Crippen LogP) is 3.12. The van der Waals surface area contributed by atoms with Gasteiger partial charge >= 0.3 is 5.69 Å². The third kappa shape index (κ3) is 4.90. The molecule has 1 aliphatic rings. The van der Waals surface area contributed by atoms with Crippen LogP contribution in [0.15, 0.2) is 53.3 Å². The van der Waals surface area contributed by atoms with Gasteiger partial charge in [0, 0.05) is 25.9 Å². The molecule has 0 bridgehead atoms. The minimum atomic E-state index is -0.463. The number of amides is 1. The number of carbonyl (C=O) groups excluding carboxylic acids is 1. The van der Waals surface area contributed by atoms with E-state index in [-0.39, 0.29) is 17.5 Å². The molecular formula is C24H27FN4O3. The van der Waals surface area contributed by atoms with Crippen molar-refractivity contribution in [2.24, 2.45) is 5.92 Å². The van der Waals surface area contributed by atoms with Gasteiger partial charge in [0.25, 0.3) is 0 Å². The van der Waals surface area contributed by atoms with Crippen molar-refractivity contribution in [2.75, 3.05) is 20.2 Å². The van der Waals surface area contributed by atoms with E-state index in [0.717, 1.165) is 24.2 Å². The summed E-state index contributed by atoms with van der Waals surface area (Å²) in [5.41, 5.74) is 0.863. The number of aromatic amines is 1. The summed E-state index contributed by atoms with van der Waals surface area (Å²) in [6.45, 7) is 1.36. The van der Waals surface area contributed by atoms with Gasteiger partial charge < -0.3 is 9.64 Å². The average Bonchev–Trinajstić information content (AvgIpc) is 3.18. The second-order valence-electron chi connectivity index (χ2n) is 8.11. The third-order valence-electron chi connectivity index (χ3n) is 6.06. The summed E-state index contributed by atoms with van der Waals surface area (Å²) in [6.07, 6.45) is 3.38. The highest BCUT2D eigenvalue weighted by Gasteiger charge is 2.25. The van der Waals surface area contributed by atoms with Crippen molar-refractivity contribution in [3.63, 3.8) is 0 Å². The molecule has 1 aliphatic heterocycles. The van der Waals surface area contributed by atoms with Gasteiger partial charge in [-0.05, 0) is 55.0 Å².